The molecule has 0 spiro atoms. The quantitative estimate of drug-likeness (QED) is 0.819. The van der Waals surface area contributed by atoms with E-state index in [-0.39, 0.29) is 0 Å². The van der Waals surface area contributed by atoms with Gasteiger partial charge in [0, 0.05) is 48.5 Å². The third-order valence-corrected chi connectivity index (χ3v) is 5.46. The van der Waals surface area contributed by atoms with E-state index in [1.807, 2.05) is 30.5 Å². The van der Waals surface area contributed by atoms with Crippen LogP contribution in [-0.2, 0) is 0 Å². The molecular weight excluding hydrogens is 384 g/mol. The van der Waals surface area contributed by atoms with Gasteiger partial charge in [-0.25, -0.2) is 9.98 Å². The highest BCUT2D eigenvalue weighted by Gasteiger charge is 2.26. The Morgan fingerprint density at radius 2 is 1.90 bits per heavy atom. The molecule has 29 heavy (non-hydrogen) atoms. The second-order valence-corrected chi connectivity index (χ2v) is 8.08. The van der Waals surface area contributed by atoms with E-state index in [4.69, 9.17) is 21.6 Å². The highest BCUT2D eigenvalue weighted by atomic mass is 35.5. The van der Waals surface area contributed by atoms with E-state index in [1.165, 1.54) is 0 Å². The summed E-state index contributed by atoms with van der Waals surface area (Å²) in [6, 6.07) is 9.85. The molecule has 0 atom stereocenters. The van der Waals surface area contributed by atoms with Crippen LogP contribution in [0.25, 0.3) is 0 Å². The van der Waals surface area contributed by atoms with Gasteiger partial charge in [0.1, 0.15) is 11.5 Å². The van der Waals surface area contributed by atoms with Gasteiger partial charge in [-0.3, -0.25) is 4.99 Å². The number of nitrogens with zero attached hydrogens (tertiary/aromatic N) is 5. The van der Waals surface area contributed by atoms with Crippen LogP contribution in [0.4, 0.5) is 11.5 Å². The Bertz CT molecular complexity index is 1040. The molecule has 0 fully saturated rings. The number of likely N-dealkylation sites (N-methyl/N-ethyl adjacent to an activating group) is 2. The first kappa shape index (κ1) is 19.6. The molecule has 0 saturated carbocycles. The fraction of sp³-hybridized carbons (Fsp3) is 0.318. The Morgan fingerprint density at radius 1 is 1.10 bits per heavy atom. The molecule has 2 aliphatic heterocycles. The van der Waals surface area contributed by atoms with Crippen molar-refractivity contribution in [3.63, 3.8) is 0 Å². The third kappa shape index (κ3) is 3.91. The summed E-state index contributed by atoms with van der Waals surface area (Å²) in [5.74, 6) is 1.71. The molecule has 3 heterocycles. The number of hydrogen-bond acceptors (Lipinski definition) is 6. The molecule has 6 nitrogen and oxygen atoms in total. The summed E-state index contributed by atoms with van der Waals surface area (Å²) in [4.78, 5) is 18.6. The molecule has 1 N–H and O–H groups in total. The second kappa shape index (κ2) is 7.97. The van der Waals surface area contributed by atoms with Crippen molar-refractivity contribution >= 4 is 34.7 Å². The maximum Gasteiger partial charge on any atom is 0.152 e. The van der Waals surface area contributed by atoms with Crippen molar-refractivity contribution in [1.29, 1.82) is 0 Å². The van der Waals surface area contributed by atoms with Crippen molar-refractivity contribution in [2.75, 3.05) is 51.0 Å². The molecule has 0 bridgehead atoms. The summed E-state index contributed by atoms with van der Waals surface area (Å²) in [6.45, 7) is 4.56. The van der Waals surface area contributed by atoms with E-state index >= 15 is 0 Å². The van der Waals surface area contributed by atoms with Crippen LogP contribution in [0.2, 0.25) is 5.02 Å². The Morgan fingerprint density at radius 3 is 2.66 bits per heavy atom. The molecule has 0 radical (unpaired) electrons. The van der Waals surface area contributed by atoms with Crippen LogP contribution in [0.1, 0.15) is 18.1 Å². The van der Waals surface area contributed by atoms with Gasteiger partial charge in [-0.2, -0.15) is 0 Å². The number of aromatic nitrogens is 1. The zero-order valence-corrected chi connectivity index (χ0v) is 18.0. The molecule has 1 aromatic heterocycles. The first-order valence-corrected chi connectivity index (χ1v) is 10.0. The van der Waals surface area contributed by atoms with Crippen LogP contribution in [0.3, 0.4) is 0 Å². The number of aliphatic imine (C=N–C) groups is 2. The highest BCUT2D eigenvalue weighted by Crippen LogP contribution is 2.32. The summed E-state index contributed by atoms with van der Waals surface area (Å²) in [5, 5.41) is 4.16. The van der Waals surface area contributed by atoms with Gasteiger partial charge >= 0.3 is 0 Å². The molecule has 0 aliphatic carbocycles. The Balaban J connectivity index is 1.81. The lowest BCUT2D eigenvalue weighted by Gasteiger charge is -2.22. The van der Waals surface area contributed by atoms with Crippen LogP contribution >= 0.6 is 11.6 Å². The van der Waals surface area contributed by atoms with Crippen molar-refractivity contribution in [2.24, 2.45) is 9.98 Å². The van der Waals surface area contributed by atoms with Crippen LogP contribution in [0.15, 0.2) is 57.8 Å². The van der Waals surface area contributed by atoms with Crippen molar-refractivity contribution in [1.82, 2.24) is 9.88 Å². The maximum absolute atomic E-state index is 6.53. The monoisotopic (exact) mass is 408 g/mol. The van der Waals surface area contributed by atoms with Crippen LogP contribution in [-0.4, -0.2) is 62.2 Å². The van der Waals surface area contributed by atoms with Gasteiger partial charge in [-0.15, -0.1) is 0 Å². The fourth-order valence-corrected chi connectivity index (χ4v) is 3.59. The number of anilines is 2. The molecule has 0 unspecified atom stereocenters. The van der Waals surface area contributed by atoms with Crippen molar-refractivity contribution < 1.29 is 0 Å². The Hall–Kier alpha value is -2.70. The average molecular weight is 409 g/mol. The number of pyridine rings is 1. The first-order valence-electron chi connectivity index (χ1n) is 9.65. The Labute approximate surface area is 176 Å². The lowest BCUT2D eigenvalue weighted by atomic mass is 10.0. The SMILES string of the molecule is CC1=C2N=C(c3ccccc3Cl)c3cnc(N(C)CCN(C)C)cc3NC2=NC1. The normalized spacial score (nSPS) is 15.4. The second-order valence-electron chi connectivity index (χ2n) is 7.67. The van der Waals surface area contributed by atoms with Gasteiger partial charge in [0.2, 0.25) is 0 Å². The Kier molecular flexibility index (Phi) is 5.39. The summed E-state index contributed by atoms with van der Waals surface area (Å²) in [6.07, 6.45) is 1.88. The zero-order valence-electron chi connectivity index (χ0n) is 17.2. The molecule has 0 saturated heterocycles. The molecule has 0 amide bonds. The molecule has 7 heteroatoms. The van der Waals surface area contributed by atoms with Gasteiger partial charge in [0.05, 0.1) is 17.9 Å². The number of hydrogen-bond donors (Lipinski definition) is 1. The largest absolute Gasteiger partial charge is 0.358 e. The van der Waals surface area contributed by atoms with E-state index in [0.717, 1.165) is 58.5 Å². The average Bonchev–Trinajstić information content (AvgIpc) is 2.95. The van der Waals surface area contributed by atoms with Crippen molar-refractivity contribution in [2.45, 2.75) is 6.92 Å². The van der Waals surface area contributed by atoms with Crippen molar-refractivity contribution in [3.05, 3.63) is 63.9 Å². The minimum absolute atomic E-state index is 0.660. The van der Waals surface area contributed by atoms with Crippen LogP contribution in [0.5, 0.6) is 0 Å². The lowest BCUT2D eigenvalue weighted by molar-refractivity contribution is 0.416. The minimum Gasteiger partial charge on any atom is -0.358 e. The number of halogens is 1. The van der Waals surface area contributed by atoms with Gasteiger partial charge in [0.25, 0.3) is 0 Å². The predicted molar refractivity (Wildman–Crippen MR) is 122 cm³/mol. The van der Waals surface area contributed by atoms with Gasteiger partial charge in [-0.05, 0) is 32.7 Å². The summed E-state index contributed by atoms with van der Waals surface area (Å²) >= 11 is 6.53. The highest BCUT2D eigenvalue weighted by molar-refractivity contribution is 6.36. The molecular formula is C22H25ClN6. The number of benzene rings is 1. The smallest absolute Gasteiger partial charge is 0.152 e. The number of amidine groups is 1. The van der Waals surface area contributed by atoms with E-state index in [0.29, 0.717) is 11.6 Å². The van der Waals surface area contributed by atoms with Crippen LogP contribution < -0.4 is 10.2 Å². The topological polar surface area (TPSA) is 56.1 Å². The molecule has 4 rings (SSSR count). The fourth-order valence-electron chi connectivity index (χ4n) is 3.36. The third-order valence-electron chi connectivity index (χ3n) is 5.13. The molecule has 2 aromatic rings. The van der Waals surface area contributed by atoms with E-state index in [2.05, 4.69) is 54.2 Å². The maximum atomic E-state index is 6.53. The standard InChI is InChI=1S/C22H25ClN6/c1-14-12-25-22-20(14)27-21(15-7-5-6-8-17(15)23)16-13-24-19(11-18(16)26-22)29(4)10-9-28(2)3/h5-8,11,13H,9-10,12H2,1-4H3,(H,25,26). The summed E-state index contributed by atoms with van der Waals surface area (Å²) < 4.78 is 0. The van der Waals surface area contributed by atoms with Crippen LogP contribution in [0, 0.1) is 0 Å². The molecule has 150 valence electrons. The number of fused-ring (bicyclic) bond motifs is 2. The predicted octanol–water partition coefficient (Wildman–Crippen LogP) is 3.68. The van der Waals surface area contributed by atoms with Crippen molar-refractivity contribution in [3.8, 4) is 0 Å². The summed E-state index contributed by atoms with van der Waals surface area (Å²) in [5.41, 5.74) is 5.59. The molecule has 2 aliphatic rings. The number of rotatable bonds is 5. The van der Waals surface area contributed by atoms with Gasteiger partial charge in [-0.1, -0.05) is 29.8 Å². The zero-order chi connectivity index (χ0) is 20.5. The van der Waals surface area contributed by atoms with Gasteiger partial charge < -0.3 is 15.1 Å². The first-order chi connectivity index (χ1) is 13.9. The van der Waals surface area contributed by atoms with Gasteiger partial charge in [0.15, 0.2) is 5.84 Å². The summed E-state index contributed by atoms with van der Waals surface area (Å²) in [7, 11) is 6.20. The molecule has 1 aromatic carbocycles. The van der Waals surface area contributed by atoms with E-state index in [1.54, 1.807) is 0 Å². The van der Waals surface area contributed by atoms with E-state index < -0.39 is 0 Å². The minimum atomic E-state index is 0.660. The number of nitrogens with one attached hydrogen (secondary N) is 1. The van der Waals surface area contributed by atoms with E-state index in [9.17, 15) is 0 Å². The lowest BCUT2D eigenvalue weighted by Crippen LogP contribution is -2.29.